The van der Waals surface area contributed by atoms with Gasteiger partial charge in [0.2, 0.25) is 0 Å². The quantitative estimate of drug-likeness (QED) is 0.238. The molecule has 2 rings (SSSR count). The minimum absolute atomic E-state index is 0. The number of benzene rings is 1. The second kappa shape index (κ2) is 14.1. The molecule has 0 aromatic heterocycles. The molecule has 1 aliphatic rings. The van der Waals surface area contributed by atoms with Crippen molar-refractivity contribution >= 4 is 36.0 Å². The fraction of sp³-hybridized carbons (Fsp3) is 0.600. The Bertz CT molecular complexity index is 619. The standard InChI is InChI=1S/C20H32N4O4.HI/c1-4-27-20(25)24-13-10-16(11-14-24)23-19(21-2)22-12-5-15-28-18-8-6-17(26-3)7-9-18;/h6-9,16H,4-5,10-15H2,1-3H3,(H2,21,22,23);1H. The molecule has 1 heterocycles. The highest BCUT2D eigenvalue weighted by Crippen LogP contribution is 2.17. The molecule has 2 N–H and O–H groups in total. The van der Waals surface area contributed by atoms with Gasteiger partial charge in [0.05, 0.1) is 20.3 Å². The summed E-state index contributed by atoms with van der Waals surface area (Å²) in [5, 5.41) is 6.73. The van der Waals surface area contributed by atoms with Crippen LogP contribution in [0.5, 0.6) is 11.5 Å². The zero-order valence-corrected chi connectivity index (χ0v) is 19.8. The molecule has 1 aromatic carbocycles. The third-order valence-corrected chi connectivity index (χ3v) is 4.53. The molecule has 1 fully saturated rings. The number of rotatable bonds is 8. The van der Waals surface area contributed by atoms with Gasteiger partial charge < -0.3 is 29.7 Å². The predicted octanol–water partition coefficient (Wildman–Crippen LogP) is 2.87. The molecule has 0 aliphatic carbocycles. The van der Waals surface area contributed by atoms with Gasteiger partial charge in [-0.1, -0.05) is 0 Å². The number of nitrogens with one attached hydrogen (secondary N) is 2. The first kappa shape index (κ1) is 25.1. The van der Waals surface area contributed by atoms with Gasteiger partial charge in [-0.2, -0.15) is 0 Å². The van der Waals surface area contributed by atoms with Crippen LogP contribution in [0.3, 0.4) is 0 Å². The molecule has 8 nitrogen and oxygen atoms in total. The van der Waals surface area contributed by atoms with E-state index >= 15 is 0 Å². The van der Waals surface area contributed by atoms with E-state index in [0.29, 0.717) is 32.3 Å². The van der Waals surface area contributed by atoms with Crippen molar-refractivity contribution in [1.82, 2.24) is 15.5 Å². The summed E-state index contributed by atoms with van der Waals surface area (Å²) in [5.74, 6) is 2.42. The van der Waals surface area contributed by atoms with Crippen LogP contribution in [0.4, 0.5) is 4.79 Å². The Kier molecular flexibility index (Phi) is 12.2. The van der Waals surface area contributed by atoms with E-state index in [1.54, 1.807) is 19.1 Å². The third kappa shape index (κ3) is 8.97. The molecular weight excluding hydrogens is 487 g/mol. The first-order chi connectivity index (χ1) is 13.7. The fourth-order valence-electron chi connectivity index (χ4n) is 2.95. The van der Waals surface area contributed by atoms with Crippen LogP contribution in [-0.2, 0) is 4.74 Å². The van der Waals surface area contributed by atoms with Crippen LogP contribution in [0, 0.1) is 0 Å². The highest BCUT2D eigenvalue weighted by Gasteiger charge is 2.23. The van der Waals surface area contributed by atoms with Gasteiger partial charge in [-0.25, -0.2) is 4.79 Å². The first-order valence-corrected chi connectivity index (χ1v) is 9.82. The smallest absolute Gasteiger partial charge is 0.409 e. The summed E-state index contributed by atoms with van der Waals surface area (Å²) in [5.41, 5.74) is 0. The summed E-state index contributed by atoms with van der Waals surface area (Å²) < 4.78 is 15.9. The number of aliphatic imine (C=N–C) groups is 1. The van der Waals surface area contributed by atoms with Crippen LogP contribution in [-0.4, -0.2) is 70.0 Å². The van der Waals surface area contributed by atoms with Gasteiger partial charge in [-0.3, -0.25) is 4.99 Å². The average Bonchev–Trinajstić information content (AvgIpc) is 2.73. The number of halogens is 1. The number of nitrogens with zero attached hydrogens (tertiary/aromatic N) is 2. The molecule has 0 unspecified atom stereocenters. The van der Waals surface area contributed by atoms with Gasteiger partial charge in [0.15, 0.2) is 5.96 Å². The van der Waals surface area contributed by atoms with Crippen molar-refractivity contribution in [3.8, 4) is 11.5 Å². The van der Waals surface area contributed by atoms with Crippen LogP contribution < -0.4 is 20.1 Å². The number of guanidine groups is 1. The average molecular weight is 520 g/mol. The maximum Gasteiger partial charge on any atom is 0.409 e. The van der Waals surface area contributed by atoms with Crippen LogP contribution >= 0.6 is 24.0 Å². The van der Waals surface area contributed by atoms with E-state index < -0.39 is 0 Å². The molecule has 9 heteroatoms. The summed E-state index contributed by atoms with van der Waals surface area (Å²) in [6.07, 6.45) is 2.38. The minimum atomic E-state index is -0.222. The van der Waals surface area contributed by atoms with E-state index in [1.165, 1.54) is 0 Å². The van der Waals surface area contributed by atoms with Crippen LogP contribution in [0.1, 0.15) is 26.2 Å². The fourth-order valence-corrected chi connectivity index (χ4v) is 2.95. The van der Waals surface area contributed by atoms with Crippen molar-refractivity contribution < 1.29 is 19.0 Å². The molecule has 1 saturated heterocycles. The molecule has 0 radical (unpaired) electrons. The van der Waals surface area contributed by atoms with Crippen molar-refractivity contribution in [3.05, 3.63) is 24.3 Å². The van der Waals surface area contributed by atoms with E-state index in [9.17, 15) is 4.79 Å². The number of likely N-dealkylation sites (tertiary alicyclic amines) is 1. The SMILES string of the molecule is CCOC(=O)N1CCC(NC(=NC)NCCCOc2ccc(OC)cc2)CC1.I. The second-order valence-electron chi connectivity index (χ2n) is 6.48. The summed E-state index contributed by atoms with van der Waals surface area (Å²) in [7, 11) is 3.41. The lowest BCUT2D eigenvalue weighted by Gasteiger charge is -2.32. The summed E-state index contributed by atoms with van der Waals surface area (Å²) in [4.78, 5) is 17.8. The molecule has 1 aliphatic heterocycles. The van der Waals surface area contributed by atoms with Crippen molar-refractivity contribution in [2.24, 2.45) is 4.99 Å². The molecule has 1 amide bonds. The third-order valence-electron chi connectivity index (χ3n) is 4.53. The van der Waals surface area contributed by atoms with Gasteiger partial charge in [0, 0.05) is 32.7 Å². The lowest BCUT2D eigenvalue weighted by molar-refractivity contribution is 0.0963. The number of carbonyl (C=O) groups is 1. The summed E-state index contributed by atoms with van der Waals surface area (Å²) >= 11 is 0. The van der Waals surface area contributed by atoms with Gasteiger partial charge in [0.25, 0.3) is 0 Å². The highest BCUT2D eigenvalue weighted by molar-refractivity contribution is 14.0. The van der Waals surface area contributed by atoms with Gasteiger partial charge in [-0.05, 0) is 50.5 Å². The van der Waals surface area contributed by atoms with Crippen LogP contribution in [0.15, 0.2) is 29.3 Å². The lowest BCUT2D eigenvalue weighted by atomic mass is 10.1. The highest BCUT2D eigenvalue weighted by atomic mass is 127. The predicted molar refractivity (Wildman–Crippen MR) is 125 cm³/mol. The Hall–Kier alpha value is -1.91. The largest absolute Gasteiger partial charge is 0.497 e. The summed E-state index contributed by atoms with van der Waals surface area (Å²) in [6.45, 7) is 5.01. The molecule has 0 spiro atoms. The summed E-state index contributed by atoms with van der Waals surface area (Å²) in [6, 6.07) is 7.86. The number of hydrogen-bond donors (Lipinski definition) is 2. The molecule has 0 saturated carbocycles. The van der Waals surface area contributed by atoms with Crippen molar-refractivity contribution in [1.29, 1.82) is 0 Å². The Morgan fingerprint density at radius 3 is 2.45 bits per heavy atom. The van der Waals surface area contributed by atoms with Crippen LogP contribution in [0.2, 0.25) is 0 Å². The Balaban J connectivity index is 0.00000420. The van der Waals surface area contributed by atoms with E-state index in [4.69, 9.17) is 14.2 Å². The number of amides is 1. The Morgan fingerprint density at radius 1 is 1.21 bits per heavy atom. The normalized spacial score (nSPS) is 14.6. The van der Waals surface area contributed by atoms with Gasteiger partial charge in [-0.15, -0.1) is 24.0 Å². The maximum absolute atomic E-state index is 11.7. The number of hydrogen-bond acceptors (Lipinski definition) is 5. The monoisotopic (exact) mass is 520 g/mol. The number of methoxy groups -OCH3 is 1. The van der Waals surface area contributed by atoms with E-state index in [0.717, 1.165) is 43.3 Å². The van der Waals surface area contributed by atoms with Crippen molar-refractivity contribution in [2.45, 2.75) is 32.2 Å². The number of ether oxygens (including phenoxy) is 3. The molecule has 164 valence electrons. The molecular formula is C20H33IN4O4. The molecule has 0 atom stereocenters. The zero-order valence-electron chi connectivity index (χ0n) is 17.5. The van der Waals surface area contributed by atoms with Crippen molar-refractivity contribution in [2.75, 3.05) is 47.0 Å². The van der Waals surface area contributed by atoms with E-state index in [-0.39, 0.29) is 30.1 Å². The molecule has 29 heavy (non-hydrogen) atoms. The zero-order chi connectivity index (χ0) is 20.2. The first-order valence-electron chi connectivity index (χ1n) is 9.82. The van der Waals surface area contributed by atoms with Crippen LogP contribution in [0.25, 0.3) is 0 Å². The van der Waals surface area contributed by atoms with Crippen molar-refractivity contribution in [3.63, 3.8) is 0 Å². The second-order valence-corrected chi connectivity index (χ2v) is 6.48. The lowest BCUT2D eigenvalue weighted by Crippen LogP contribution is -2.50. The van der Waals surface area contributed by atoms with E-state index in [2.05, 4.69) is 15.6 Å². The molecule has 0 bridgehead atoms. The molecule has 1 aromatic rings. The topological polar surface area (TPSA) is 84.4 Å². The number of piperidine rings is 1. The maximum atomic E-state index is 11.7. The Labute approximate surface area is 190 Å². The number of carbonyl (C=O) groups excluding carboxylic acids is 1. The van der Waals surface area contributed by atoms with E-state index in [1.807, 2.05) is 31.2 Å². The van der Waals surface area contributed by atoms with Gasteiger partial charge >= 0.3 is 6.09 Å². The van der Waals surface area contributed by atoms with Gasteiger partial charge in [0.1, 0.15) is 11.5 Å². The Morgan fingerprint density at radius 2 is 1.86 bits per heavy atom. The minimum Gasteiger partial charge on any atom is -0.497 e.